The van der Waals surface area contributed by atoms with Crippen molar-refractivity contribution in [2.75, 3.05) is 13.2 Å². The number of aromatic nitrogens is 2. The van der Waals surface area contributed by atoms with E-state index >= 15 is 0 Å². The van der Waals surface area contributed by atoms with Crippen LogP contribution in [-0.2, 0) is 21.4 Å². The minimum atomic E-state index is -1.12. The van der Waals surface area contributed by atoms with Crippen LogP contribution in [0.15, 0.2) is 12.4 Å². The molecular formula is C11H17N3O4. The molecule has 7 nitrogen and oxygen atoms in total. The van der Waals surface area contributed by atoms with Gasteiger partial charge in [-0.3, -0.25) is 9.48 Å². The van der Waals surface area contributed by atoms with Crippen molar-refractivity contribution in [3.63, 3.8) is 0 Å². The number of nitrogens with zero attached hydrogens (tertiary/aromatic N) is 2. The topological polar surface area (TPSA) is 93.4 Å². The van der Waals surface area contributed by atoms with Gasteiger partial charge in [0, 0.05) is 31.8 Å². The lowest BCUT2D eigenvalue weighted by molar-refractivity contribution is -0.142. The van der Waals surface area contributed by atoms with Crippen LogP contribution < -0.4 is 5.32 Å². The highest BCUT2D eigenvalue weighted by Crippen LogP contribution is 2.11. The third-order valence-corrected chi connectivity index (χ3v) is 2.29. The highest BCUT2D eigenvalue weighted by molar-refractivity contribution is 5.84. The van der Waals surface area contributed by atoms with Gasteiger partial charge in [0.05, 0.1) is 12.8 Å². The Kier molecular flexibility index (Phi) is 5.31. The Morgan fingerprint density at radius 2 is 2.33 bits per heavy atom. The summed E-state index contributed by atoms with van der Waals surface area (Å²) in [7, 11) is 1.68. The van der Waals surface area contributed by atoms with E-state index < -0.39 is 12.0 Å². The summed E-state index contributed by atoms with van der Waals surface area (Å²) in [6.45, 7) is 2.63. The number of aliphatic carboxylic acids is 1. The third-order valence-electron chi connectivity index (χ3n) is 2.29. The number of aryl methyl sites for hydroxylation is 1. The van der Waals surface area contributed by atoms with Crippen molar-refractivity contribution < 1.29 is 19.4 Å². The lowest BCUT2D eigenvalue weighted by Crippen LogP contribution is -2.34. The van der Waals surface area contributed by atoms with E-state index in [2.05, 4.69) is 10.4 Å². The van der Waals surface area contributed by atoms with Crippen molar-refractivity contribution in [3.8, 4) is 0 Å². The molecule has 0 aliphatic heterocycles. The van der Waals surface area contributed by atoms with Crippen LogP contribution in [0.1, 0.15) is 24.9 Å². The molecule has 18 heavy (non-hydrogen) atoms. The van der Waals surface area contributed by atoms with Gasteiger partial charge in [-0.2, -0.15) is 5.10 Å². The number of ether oxygens (including phenoxy) is 1. The number of carboxylic acids is 1. The minimum Gasteiger partial charge on any atom is -0.479 e. The molecule has 1 aromatic heterocycles. The van der Waals surface area contributed by atoms with Crippen molar-refractivity contribution in [1.82, 2.24) is 15.1 Å². The predicted molar refractivity (Wildman–Crippen MR) is 62.8 cm³/mol. The molecule has 7 heteroatoms. The first kappa shape index (κ1) is 14.2. The van der Waals surface area contributed by atoms with Crippen LogP contribution in [-0.4, -0.2) is 40.0 Å². The number of hydrogen-bond donors (Lipinski definition) is 2. The molecule has 0 saturated heterocycles. The smallest absolute Gasteiger partial charge is 0.331 e. The van der Waals surface area contributed by atoms with Crippen molar-refractivity contribution >= 4 is 11.9 Å². The highest BCUT2D eigenvalue weighted by Gasteiger charge is 2.23. The maximum atomic E-state index is 11.5. The molecular weight excluding hydrogens is 238 g/mol. The van der Waals surface area contributed by atoms with Crippen LogP contribution >= 0.6 is 0 Å². The number of carbonyl (C=O) groups excluding carboxylic acids is 1. The second-order valence-corrected chi connectivity index (χ2v) is 3.73. The molecule has 0 bridgehead atoms. The van der Waals surface area contributed by atoms with E-state index in [1.807, 2.05) is 6.92 Å². The van der Waals surface area contributed by atoms with E-state index in [-0.39, 0.29) is 18.9 Å². The van der Waals surface area contributed by atoms with Crippen molar-refractivity contribution in [2.45, 2.75) is 19.4 Å². The van der Waals surface area contributed by atoms with Crippen LogP contribution in [0.2, 0.25) is 0 Å². The van der Waals surface area contributed by atoms with Gasteiger partial charge < -0.3 is 15.2 Å². The molecule has 1 atom stereocenters. The number of rotatable bonds is 7. The molecule has 0 fully saturated rings. The van der Waals surface area contributed by atoms with Crippen molar-refractivity contribution in [1.29, 1.82) is 0 Å². The van der Waals surface area contributed by atoms with Gasteiger partial charge >= 0.3 is 5.97 Å². The highest BCUT2D eigenvalue weighted by atomic mass is 16.5. The van der Waals surface area contributed by atoms with E-state index in [0.717, 1.165) is 0 Å². The summed E-state index contributed by atoms with van der Waals surface area (Å²) < 4.78 is 6.52. The molecule has 100 valence electrons. The first-order chi connectivity index (χ1) is 8.54. The molecule has 1 aromatic rings. The van der Waals surface area contributed by atoms with Gasteiger partial charge in [0.2, 0.25) is 5.91 Å². The summed E-state index contributed by atoms with van der Waals surface area (Å²) in [6.07, 6.45) is 3.11. The zero-order chi connectivity index (χ0) is 13.5. The summed E-state index contributed by atoms with van der Waals surface area (Å²) in [5, 5.41) is 15.4. The monoisotopic (exact) mass is 255 g/mol. The molecule has 1 unspecified atom stereocenters. The molecule has 0 aliphatic carbocycles. The standard InChI is InChI=1S/C11H17N3O4/c1-3-18-5-4-9(15)13-10(11(16)17)8-6-12-14(2)7-8/h6-7,10H,3-5H2,1-2H3,(H,13,15)(H,16,17). The molecule has 0 saturated carbocycles. The van der Waals surface area contributed by atoms with Crippen molar-refractivity contribution in [3.05, 3.63) is 18.0 Å². The second-order valence-electron chi connectivity index (χ2n) is 3.73. The van der Waals surface area contributed by atoms with E-state index in [9.17, 15) is 9.59 Å². The Hall–Kier alpha value is -1.89. The predicted octanol–water partition coefficient (Wildman–Crippen LogP) is 0.0886. The number of amides is 1. The van der Waals surface area contributed by atoms with Crippen LogP contribution in [0.25, 0.3) is 0 Å². The summed E-state index contributed by atoms with van der Waals surface area (Å²) in [6, 6.07) is -1.08. The van der Waals surface area contributed by atoms with Gasteiger partial charge in [-0.1, -0.05) is 0 Å². The minimum absolute atomic E-state index is 0.137. The molecule has 1 rings (SSSR count). The molecule has 0 aliphatic rings. The van der Waals surface area contributed by atoms with E-state index in [1.165, 1.54) is 10.9 Å². The average Bonchev–Trinajstić information content (AvgIpc) is 2.72. The Morgan fingerprint density at radius 3 is 2.83 bits per heavy atom. The Bertz CT molecular complexity index is 416. The van der Waals surface area contributed by atoms with Crippen LogP contribution in [0.3, 0.4) is 0 Å². The molecule has 0 radical (unpaired) electrons. The fraction of sp³-hybridized carbons (Fsp3) is 0.545. The third kappa shape index (κ3) is 4.17. The van der Waals surface area contributed by atoms with E-state index in [0.29, 0.717) is 12.2 Å². The fourth-order valence-corrected chi connectivity index (χ4v) is 1.42. The Labute approximate surface area is 105 Å². The maximum Gasteiger partial charge on any atom is 0.331 e. The van der Waals surface area contributed by atoms with Crippen LogP contribution in [0, 0.1) is 0 Å². The summed E-state index contributed by atoms with van der Waals surface area (Å²) in [5.74, 6) is -1.48. The Balaban J connectivity index is 2.59. The maximum absolute atomic E-state index is 11.5. The lowest BCUT2D eigenvalue weighted by Gasteiger charge is -2.12. The van der Waals surface area contributed by atoms with Gasteiger partial charge in [-0.05, 0) is 6.92 Å². The first-order valence-electron chi connectivity index (χ1n) is 5.63. The number of carbonyl (C=O) groups is 2. The molecule has 1 amide bonds. The van der Waals surface area contributed by atoms with E-state index in [4.69, 9.17) is 9.84 Å². The average molecular weight is 255 g/mol. The zero-order valence-corrected chi connectivity index (χ0v) is 10.4. The molecule has 1 heterocycles. The normalized spacial score (nSPS) is 12.1. The lowest BCUT2D eigenvalue weighted by atomic mass is 10.1. The fourth-order valence-electron chi connectivity index (χ4n) is 1.42. The van der Waals surface area contributed by atoms with Crippen LogP contribution in [0.5, 0.6) is 0 Å². The number of hydrogen-bond acceptors (Lipinski definition) is 4. The number of carboxylic acid groups (broad SMARTS) is 1. The first-order valence-corrected chi connectivity index (χ1v) is 5.63. The second kappa shape index (κ2) is 6.75. The molecule has 0 aromatic carbocycles. The SMILES string of the molecule is CCOCCC(=O)NC(C(=O)O)c1cnn(C)c1. The van der Waals surface area contributed by atoms with Gasteiger partial charge in [-0.15, -0.1) is 0 Å². The summed E-state index contributed by atoms with van der Waals surface area (Å²) >= 11 is 0. The van der Waals surface area contributed by atoms with Gasteiger partial charge in [0.1, 0.15) is 0 Å². The molecule has 0 spiro atoms. The summed E-state index contributed by atoms with van der Waals surface area (Å²) in [5.41, 5.74) is 0.440. The van der Waals surface area contributed by atoms with Gasteiger partial charge in [0.25, 0.3) is 0 Å². The Morgan fingerprint density at radius 1 is 1.61 bits per heavy atom. The van der Waals surface area contributed by atoms with E-state index in [1.54, 1.807) is 13.2 Å². The van der Waals surface area contributed by atoms with Crippen LogP contribution in [0.4, 0.5) is 0 Å². The van der Waals surface area contributed by atoms with Gasteiger partial charge in [-0.25, -0.2) is 4.79 Å². The number of nitrogens with one attached hydrogen (secondary N) is 1. The largest absolute Gasteiger partial charge is 0.479 e. The molecule has 2 N–H and O–H groups in total. The zero-order valence-electron chi connectivity index (χ0n) is 10.4. The van der Waals surface area contributed by atoms with Gasteiger partial charge in [0.15, 0.2) is 6.04 Å². The van der Waals surface area contributed by atoms with Crippen molar-refractivity contribution in [2.24, 2.45) is 7.05 Å². The quantitative estimate of drug-likeness (QED) is 0.673. The summed E-state index contributed by atoms with van der Waals surface area (Å²) in [4.78, 5) is 22.6.